The van der Waals surface area contributed by atoms with Crippen LogP contribution in [0.3, 0.4) is 0 Å². The molecule has 0 saturated heterocycles. The molecule has 0 aliphatic carbocycles. The highest BCUT2D eigenvalue weighted by atomic mass is 32.1. The van der Waals surface area contributed by atoms with Crippen LogP contribution in [0.15, 0.2) is 18.3 Å². The van der Waals surface area contributed by atoms with Crippen LogP contribution in [-0.4, -0.2) is 28.3 Å². The summed E-state index contributed by atoms with van der Waals surface area (Å²) in [6.45, 7) is 1.84. The van der Waals surface area contributed by atoms with Crippen LogP contribution < -0.4 is 16.4 Å². The zero-order chi connectivity index (χ0) is 12.8. The molecule has 2 amide bonds. The number of aryl methyl sites for hydroxylation is 1. The average molecular weight is 252 g/mol. The highest BCUT2D eigenvalue weighted by molar-refractivity contribution is 7.80. The van der Waals surface area contributed by atoms with Crippen molar-refractivity contribution in [3.05, 3.63) is 23.9 Å². The molecule has 6 nitrogen and oxygen atoms in total. The van der Waals surface area contributed by atoms with Crippen molar-refractivity contribution in [3.63, 3.8) is 0 Å². The van der Waals surface area contributed by atoms with Crippen molar-refractivity contribution in [2.75, 3.05) is 11.9 Å². The molecule has 0 aliphatic rings. The van der Waals surface area contributed by atoms with Gasteiger partial charge in [0.05, 0.1) is 11.5 Å². The van der Waals surface area contributed by atoms with Crippen LogP contribution in [-0.2, 0) is 9.59 Å². The summed E-state index contributed by atoms with van der Waals surface area (Å²) in [7, 11) is 0. The van der Waals surface area contributed by atoms with Crippen LogP contribution in [0.5, 0.6) is 0 Å². The minimum atomic E-state index is -0.806. The highest BCUT2D eigenvalue weighted by Gasteiger charge is 2.13. The molecule has 0 bridgehead atoms. The van der Waals surface area contributed by atoms with Gasteiger partial charge in [-0.3, -0.25) is 9.59 Å². The van der Waals surface area contributed by atoms with Crippen LogP contribution in [0.4, 0.5) is 5.82 Å². The summed E-state index contributed by atoms with van der Waals surface area (Å²) in [4.78, 5) is 26.7. The Morgan fingerprint density at radius 2 is 2.18 bits per heavy atom. The molecular weight excluding hydrogens is 240 g/mol. The van der Waals surface area contributed by atoms with Crippen LogP contribution >= 0.6 is 12.2 Å². The first-order valence-corrected chi connectivity index (χ1v) is 5.20. The Kier molecular flexibility index (Phi) is 4.53. The number of nitrogens with one attached hydrogen (secondary N) is 2. The van der Waals surface area contributed by atoms with Gasteiger partial charge in [0, 0.05) is 6.20 Å². The first kappa shape index (κ1) is 13.0. The van der Waals surface area contributed by atoms with Crippen molar-refractivity contribution < 1.29 is 9.59 Å². The molecule has 1 aromatic rings. The van der Waals surface area contributed by atoms with Crippen molar-refractivity contribution in [3.8, 4) is 0 Å². The van der Waals surface area contributed by atoms with Crippen molar-refractivity contribution in [2.24, 2.45) is 5.73 Å². The second-order valence-electron chi connectivity index (χ2n) is 3.32. The molecule has 0 aromatic carbocycles. The fourth-order valence-corrected chi connectivity index (χ4v) is 1.10. The number of hydrogen-bond donors (Lipinski definition) is 3. The van der Waals surface area contributed by atoms with Crippen LogP contribution in [0, 0.1) is 6.92 Å². The van der Waals surface area contributed by atoms with Crippen LogP contribution in [0.1, 0.15) is 5.56 Å². The molecule has 90 valence electrons. The maximum atomic E-state index is 11.4. The van der Waals surface area contributed by atoms with E-state index in [2.05, 4.69) is 27.8 Å². The van der Waals surface area contributed by atoms with E-state index in [1.807, 2.05) is 6.92 Å². The van der Waals surface area contributed by atoms with Crippen LogP contribution in [0.25, 0.3) is 0 Å². The molecule has 4 N–H and O–H groups in total. The van der Waals surface area contributed by atoms with Gasteiger partial charge in [0.1, 0.15) is 5.82 Å². The van der Waals surface area contributed by atoms with Gasteiger partial charge in [-0.1, -0.05) is 12.2 Å². The number of aromatic nitrogens is 1. The largest absolute Gasteiger partial charge is 0.392 e. The monoisotopic (exact) mass is 252 g/mol. The summed E-state index contributed by atoms with van der Waals surface area (Å²) >= 11 is 4.57. The third-order valence-corrected chi connectivity index (χ3v) is 1.93. The maximum Gasteiger partial charge on any atom is 0.314 e. The van der Waals surface area contributed by atoms with Gasteiger partial charge in [0.15, 0.2) is 0 Å². The first-order valence-electron chi connectivity index (χ1n) is 4.79. The lowest BCUT2D eigenvalue weighted by molar-refractivity contribution is -0.136. The second kappa shape index (κ2) is 5.90. The maximum absolute atomic E-state index is 11.4. The fourth-order valence-electron chi connectivity index (χ4n) is 1.03. The third-order valence-electron chi connectivity index (χ3n) is 1.79. The fraction of sp³-hybridized carbons (Fsp3) is 0.200. The Morgan fingerprint density at radius 3 is 2.76 bits per heavy atom. The highest BCUT2D eigenvalue weighted by Crippen LogP contribution is 2.04. The second-order valence-corrected chi connectivity index (χ2v) is 3.85. The number of amides is 2. The van der Waals surface area contributed by atoms with Crippen molar-refractivity contribution in [1.29, 1.82) is 0 Å². The topological polar surface area (TPSA) is 97.1 Å². The van der Waals surface area contributed by atoms with Gasteiger partial charge in [-0.25, -0.2) is 4.98 Å². The summed E-state index contributed by atoms with van der Waals surface area (Å²) < 4.78 is 0. The molecule has 0 saturated carbocycles. The number of carbonyl (C=O) groups excluding carboxylic acids is 2. The van der Waals surface area contributed by atoms with Gasteiger partial charge in [-0.2, -0.15) is 0 Å². The summed E-state index contributed by atoms with van der Waals surface area (Å²) in [5.41, 5.74) is 6.12. The van der Waals surface area contributed by atoms with E-state index < -0.39 is 11.8 Å². The molecule has 0 aliphatic heterocycles. The Balaban J connectivity index is 2.54. The van der Waals surface area contributed by atoms with E-state index in [9.17, 15) is 9.59 Å². The molecule has 17 heavy (non-hydrogen) atoms. The van der Waals surface area contributed by atoms with E-state index in [4.69, 9.17) is 5.73 Å². The average Bonchev–Trinajstić information content (AvgIpc) is 2.25. The number of nitrogens with two attached hydrogens (primary N) is 1. The summed E-state index contributed by atoms with van der Waals surface area (Å²) in [6, 6.07) is 3.43. The van der Waals surface area contributed by atoms with E-state index in [0.29, 0.717) is 5.82 Å². The molecule has 1 heterocycles. The third kappa shape index (κ3) is 4.56. The van der Waals surface area contributed by atoms with Gasteiger partial charge in [0.2, 0.25) is 0 Å². The number of nitrogens with zero attached hydrogens (tertiary/aromatic N) is 1. The molecule has 7 heteroatoms. The number of hydrogen-bond acceptors (Lipinski definition) is 4. The van der Waals surface area contributed by atoms with Crippen molar-refractivity contribution >= 4 is 34.8 Å². The Labute approximate surface area is 104 Å². The zero-order valence-electron chi connectivity index (χ0n) is 9.19. The van der Waals surface area contributed by atoms with E-state index in [1.54, 1.807) is 12.1 Å². The molecule has 1 rings (SSSR count). The van der Waals surface area contributed by atoms with Crippen molar-refractivity contribution in [1.82, 2.24) is 10.3 Å². The van der Waals surface area contributed by atoms with Gasteiger partial charge in [-0.05, 0) is 24.6 Å². The zero-order valence-corrected chi connectivity index (χ0v) is 10.0. The summed E-state index contributed by atoms with van der Waals surface area (Å²) in [6.07, 6.45) is 1.54. The minimum absolute atomic E-state index is 0.0111. The molecule has 0 radical (unpaired) electrons. The number of pyridine rings is 1. The van der Waals surface area contributed by atoms with Gasteiger partial charge < -0.3 is 16.4 Å². The Bertz CT molecular complexity index is 461. The van der Waals surface area contributed by atoms with E-state index in [0.717, 1.165) is 5.56 Å². The van der Waals surface area contributed by atoms with Crippen molar-refractivity contribution in [2.45, 2.75) is 6.92 Å². The van der Waals surface area contributed by atoms with Crippen LogP contribution in [0.2, 0.25) is 0 Å². The van der Waals surface area contributed by atoms with E-state index in [1.165, 1.54) is 6.20 Å². The number of thiocarbonyl (C=S) groups is 1. The lowest BCUT2D eigenvalue weighted by Gasteiger charge is -2.05. The summed E-state index contributed by atoms with van der Waals surface area (Å²) in [5, 5.41) is 4.63. The Hall–Kier alpha value is -2.02. The number of anilines is 1. The molecule has 0 spiro atoms. The lowest BCUT2D eigenvalue weighted by atomic mass is 10.3. The Morgan fingerprint density at radius 1 is 1.47 bits per heavy atom. The number of carbonyl (C=O) groups is 2. The van der Waals surface area contributed by atoms with Gasteiger partial charge >= 0.3 is 11.8 Å². The predicted molar refractivity (Wildman–Crippen MR) is 67.4 cm³/mol. The summed E-state index contributed by atoms with van der Waals surface area (Å²) in [5.74, 6) is -1.29. The molecule has 0 atom stereocenters. The quantitative estimate of drug-likeness (QED) is 0.508. The SMILES string of the molecule is Cc1ccnc(NC(=O)C(=O)NCC(N)=S)c1. The smallest absolute Gasteiger partial charge is 0.314 e. The lowest BCUT2D eigenvalue weighted by Crippen LogP contribution is -2.39. The molecule has 0 unspecified atom stereocenters. The minimum Gasteiger partial charge on any atom is -0.392 e. The molecular formula is C10H12N4O2S. The van der Waals surface area contributed by atoms with Gasteiger partial charge in [0.25, 0.3) is 0 Å². The molecule has 1 aromatic heterocycles. The standard InChI is InChI=1S/C10H12N4O2S/c1-6-2-3-12-8(4-6)14-10(16)9(15)13-5-7(11)17/h2-4H,5H2,1H3,(H2,11,17)(H,13,15)(H,12,14,16). The van der Waals surface area contributed by atoms with Gasteiger partial charge in [-0.15, -0.1) is 0 Å². The normalized spacial score (nSPS) is 9.47. The first-order chi connectivity index (χ1) is 7.99. The molecule has 0 fully saturated rings. The predicted octanol–water partition coefficient (Wildman–Crippen LogP) is -0.269. The van der Waals surface area contributed by atoms with E-state index >= 15 is 0 Å². The van der Waals surface area contributed by atoms with E-state index in [-0.39, 0.29) is 11.5 Å². The number of rotatable bonds is 3.